The van der Waals surface area contributed by atoms with Crippen molar-refractivity contribution in [1.82, 2.24) is 5.32 Å². The van der Waals surface area contributed by atoms with Gasteiger partial charge in [0.05, 0.1) is 13.2 Å². The summed E-state index contributed by atoms with van der Waals surface area (Å²) in [5, 5.41) is 3.07. The largest absolute Gasteiger partial charge is 0.376 e. The van der Waals surface area contributed by atoms with Crippen LogP contribution >= 0.6 is 0 Å². The molecule has 1 fully saturated rings. The summed E-state index contributed by atoms with van der Waals surface area (Å²) in [5.41, 5.74) is 0. The summed E-state index contributed by atoms with van der Waals surface area (Å²) in [6, 6.07) is 0. The predicted molar refractivity (Wildman–Crippen MR) is 39.1 cm³/mol. The quantitative estimate of drug-likeness (QED) is 0.553. The smallest absolute Gasteiger partial charge is 0.104 e. The Balaban J connectivity index is 1.76. The van der Waals surface area contributed by atoms with Crippen LogP contribution in [0.2, 0.25) is 0 Å². The maximum Gasteiger partial charge on any atom is 0.104 e. The van der Waals surface area contributed by atoms with E-state index in [0.29, 0.717) is 6.10 Å². The first-order chi connectivity index (χ1) is 4.93. The van der Waals surface area contributed by atoms with E-state index >= 15 is 0 Å². The Hall–Kier alpha value is -0.120. The minimum absolute atomic E-state index is 0.386. The van der Waals surface area contributed by atoms with Crippen LogP contribution in [-0.2, 0) is 9.47 Å². The average molecular weight is 145 g/mol. The Morgan fingerprint density at radius 2 is 2.40 bits per heavy atom. The van der Waals surface area contributed by atoms with Gasteiger partial charge in [0.25, 0.3) is 0 Å². The molecule has 0 aromatic carbocycles. The zero-order valence-electron chi connectivity index (χ0n) is 6.43. The van der Waals surface area contributed by atoms with Gasteiger partial charge in [-0.1, -0.05) is 0 Å². The zero-order valence-corrected chi connectivity index (χ0v) is 6.43. The Labute approximate surface area is 61.7 Å². The standard InChI is InChI=1S/C7H15NO2/c1-8-3-2-4-10-7-5-9-6-7/h7-8H,2-6H2,1H3. The Morgan fingerprint density at radius 1 is 1.60 bits per heavy atom. The summed E-state index contributed by atoms with van der Waals surface area (Å²) >= 11 is 0. The van der Waals surface area contributed by atoms with Gasteiger partial charge in [-0.25, -0.2) is 0 Å². The maximum absolute atomic E-state index is 5.42. The lowest BCUT2D eigenvalue weighted by molar-refractivity contribution is -0.129. The van der Waals surface area contributed by atoms with Crippen LogP contribution in [0.3, 0.4) is 0 Å². The molecule has 1 heterocycles. The lowest BCUT2D eigenvalue weighted by atomic mass is 10.3. The van der Waals surface area contributed by atoms with Crippen molar-refractivity contribution >= 4 is 0 Å². The summed E-state index contributed by atoms with van der Waals surface area (Å²) < 4.78 is 10.4. The van der Waals surface area contributed by atoms with E-state index in [0.717, 1.165) is 32.8 Å². The monoisotopic (exact) mass is 145 g/mol. The number of ether oxygens (including phenoxy) is 2. The second-order valence-electron chi connectivity index (χ2n) is 2.49. The van der Waals surface area contributed by atoms with E-state index in [2.05, 4.69) is 5.32 Å². The molecule has 1 saturated heterocycles. The molecule has 1 aliphatic heterocycles. The Kier molecular flexibility index (Phi) is 3.72. The summed E-state index contributed by atoms with van der Waals surface area (Å²) in [6.45, 7) is 3.47. The fraction of sp³-hybridized carbons (Fsp3) is 1.00. The summed E-state index contributed by atoms with van der Waals surface area (Å²) in [4.78, 5) is 0. The van der Waals surface area contributed by atoms with Crippen LogP contribution in [0, 0.1) is 0 Å². The van der Waals surface area contributed by atoms with E-state index in [1.165, 1.54) is 0 Å². The van der Waals surface area contributed by atoms with Crippen molar-refractivity contribution in [2.45, 2.75) is 12.5 Å². The van der Waals surface area contributed by atoms with Crippen LogP contribution < -0.4 is 5.32 Å². The SMILES string of the molecule is CNCCCOC1COC1. The van der Waals surface area contributed by atoms with Crippen molar-refractivity contribution in [3.8, 4) is 0 Å². The normalized spacial score (nSPS) is 18.9. The van der Waals surface area contributed by atoms with Crippen LogP contribution in [0.25, 0.3) is 0 Å². The predicted octanol–water partition coefficient (Wildman–Crippen LogP) is 0.0113. The highest BCUT2D eigenvalue weighted by Crippen LogP contribution is 2.04. The van der Waals surface area contributed by atoms with Crippen LogP contribution in [0.1, 0.15) is 6.42 Å². The Morgan fingerprint density at radius 3 is 2.90 bits per heavy atom. The van der Waals surface area contributed by atoms with Gasteiger partial charge in [0.1, 0.15) is 6.10 Å². The van der Waals surface area contributed by atoms with Crippen LogP contribution in [0.4, 0.5) is 0 Å². The van der Waals surface area contributed by atoms with Gasteiger partial charge in [-0.05, 0) is 20.0 Å². The number of rotatable bonds is 5. The molecule has 0 unspecified atom stereocenters. The first-order valence-electron chi connectivity index (χ1n) is 3.77. The van der Waals surface area contributed by atoms with E-state index in [1.54, 1.807) is 0 Å². The molecule has 0 aliphatic carbocycles. The molecular weight excluding hydrogens is 130 g/mol. The van der Waals surface area contributed by atoms with E-state index in [4.69, 9.17) is 9.47 Å². The second-order valence-corrected chi connectivity index (χ2v) is 2.49. The first kappa shape index (κ1) is 7.98. The summed E-state index contributed by atoms with van der Waals surface area (Å²) in [5.74, 6) is 0. The second kappa shape index (κ2) is 4.66. The molecule has 0 aromatic rings. The van der Waals surface area contributed by atoms with E-state index in [1.807, 2.05) is 7.05 Å². The highest BCUT2D eigenvalue weighted by molar-refractivity contribution is 4.63. The van der Waals surface area contributed by atoms with Crippen molar-refractivity contribution in [2.75, 3.05) is 33.4 Å². The molecule has 0 saturated carbocycles. The van der Waals surface area contributed by atoms with Gasteiger partial charge in [-0.15, -0.1) is 0 Å². The van der Waals surface area contributed by atoms with Gasteiger partial charge in [0.15, 0.2) is 0 Å². The average Bonchev–Trinajstić information content (AvgIpc) is 1.84. The Bertz CT molecular complexity index is 83.7. The molecule has 0 bridgehead atoms. The molecule has 0 radical (unpaired) electrons. The lowest BCUT2D eigenvalue weighted by Crippen LogP contribution is -2.36. The molecule has 0 amide bonds. The van der Waals surface area contributed by atoms with E-state index in [9.17, 15) is 0 Å². The van der Waals surface area contributed by atoms with E-state index in [-0.39, 0.29) is 0 Å². The van der Waals surface area contributed by atoms with Crippen LogP contribution in [0.5, 0.6) is 0 Å². The fourth-order valence-electron chi connectivity index (χ4n) is 0.809. The number of hydrogen-bond acceptors (Lipinski definition) is 3. The van der Waals surface area contributed by atoms with Gasteiger partial charge in [-0.3, -0.25) is 0 Å². The highest BCUT2D eigenvalue weighted by Gasteiger charge is 2.17. The molecule has 1 rings (SSSR count). The zero-order chi connectivity index (χ0) is 7.23. The topological polar surface area (TPSA) is 30.5 Å². The third-order valence-electron chi connectivity index (χ3n) is 1.53. The van der Waals surface area contributed by atoms with Crippen molar-refractivity contribution in [1.29, 1.82) is 0 Å². The third kappa shape index (κ3) is 2.64. The van der Waals surface area contributed by atoms with Crippen molar-refractivity contribution < 1.29 is 9.47 Å². The summed E-state index contributed by atoms with van der Waals surface area (Å²) in [7, 11) is 1.95. The molecule has 1 aliphatic rings. The lowest BCUT2D eigenvalue weighted by Gasteiger charge is -2.25. The van der Waals surface area contributed by atoms with Gasteiger partial charge in [-0.2, -0.15) is 0 Å². The van der Waals surface area contributed by atoms with Gasteiger partial charge >= 0.3 is 0 Å². The van der Waals surface area contributed by atoms with Gasteiger partial charge < -0.3 is 14.8 Å². The third-order valence-corrected chi connectivity index (χ3v) is 1.53. The molecule has 3 nitrogen and oxygen atoms in total. The molecular formula is C7H15NO2. The molecule has 1 N–H and O–H groups in total. The van der Waals surface area contributed by atoms with Crippen molar-refractivity contribution in [3.05, 3.63) is 0 Å². The molecule has 60 valence electrons. The molecule has 0 spiro atoms. The van der Waals surface area contributed by atoms with E-state index < -0.39 is 0 Å². The maximum atomic E-state index is 5.42. The van der Waals surface area contributed by atoms with Gasteiger partial charge in [0.2, 0.25) is 0 Å². The van der Waals surface area contributed by atoms with Crippen molar-refractivity contribution in [2.24, 2.45) is 0 Å². The molecule has 10 heavy (non-hydrogen) atoms. The molecule has 0 aromatic heterocycles. The highest BCUT2D eigenvalue weighted by atomic mass is 16.6. The molecule has 3 heteroatoms. The van der Waals surface area contributed by atoms with Gasteiger partial charge in [0, 0.05) is 6.61 Å². The minimum Gasteiger partial charge on any atom is -0.376 e. The van der Waals surface area contributed by atoms with Crippen LogP contribution in [0.15, 0.2) is 0 Å². The number of hydrogen-bond donors (Lipinski definition) is 1. The van der Waals surface area contributed by atoms with Crippen molar-refractivity contribution in [3.63, 3.8) is 0 Å². The first-order valence-corrected chi connectivity index (χ1v) is 3.77. The number of nitrogens with one attached hydrogen (secondary N) is 1. The fourth-order valence-corrected chi connectivity index (χ4v) is 0.809. The van der Waals surface area contributed by atoms with Crippen LogP contribution in [-0.4, -0.2) is 39.5 Å². The molecule has 0 atom stereocenters. The summed E-state index contributed by atoms with van der Waals surface area (Å²) in [6.07, 6.45) is 1.48. The minimum atomic E-state index is 0.386.